The maximum Gasteiger partial charge on any atom is 0.416 e. The van der Waals surface area contributed by atoms with Crippen LogP contribution in [-0.4, -0.2) is 52.3 Å². The molecule has 4 rings (SSSR count). The minimum atomic E-state index is -4.82. The lowest BCUT2D eigenvalue weighted by Crippen LogP contribution is -2.46. The number of phenolic OH excluding ortho intramolecular Hbond substituents is 1. The molecule has 230 valence electrons. The van der Waals surface area contributed by atoms with Crippen molar-refractivity contribution in [3.05, 3.63) is 71.5 Å². The highest BCUT2D eigenvalue weighted by Gasteiger charge is 2.41. The molecule has 0 saturated heterocycles. The molecule has 0 aliphatic carbocycles. The smallest absolute Gasteiger partial charge is 0.416 e. The number of benzene rings is 3. The van der Waals surface area contributed by atoms with Crippen LogP contribution < -0.4 is 9.04 Å². The highest BCUT2D eigenvalue weighted by molar-refractivity contribution is 7.92. The molecule has 1 N–H and O–H groups in total. The molecule has 3 aromatic carbocycles. The summed E-state index contributed by atoms with van der Waals surface area (Å²) in [6.45, 7) is 2.71. The molecule has 0 amide bonds. The van der Waals surface area contributed by atoms with Crippen molar-refractivity contribution in [1.82, 2.24) is 0 Å². The summed E-state index contributed by atoms with van der Waals surface area (Å²) in [6.07, 6.45) is -5.80. The number of carbonyl (C=O) groups is 2. The van der Waals surface area contributed by atoms with Crippen molar-refractivity contribution in [3.8, 4) is 22.6 Å². The predicted octanol–water partition coefficient (Wildman–Crippen LogP) is 5.55. The molecular weight excluding hydrogens is 598 g/mol. The Bertz CT molecular complexity index is 1690. The number of phenols is 1. The highest BCUT2D eigenvalue weighted by Crippen LogP contribution is 2.44. The van der Waals surface area contributed by atoms with Gasteiger partial charge in [0, 0.05) is 18.1 Å². The number of rotatable bonds is 7. The second kappa shape index (κ2) is 11.4. The fraction of sp³-hybridized carbons (Fsp3) is 0.310. The summed E-state index contributed by atoms with van der Waals surface area (Å²) in [4.78, 5) is 24.1. The van der Waals surface area contributed by atoms with Crippen LogP contribution in [0.5, 0.6) is 11.5 Å². The van der Waals surface area contributed by atoms with E-state index in [1.165, 1.54) is 25.3 Å². The van der Waals surface area contributed by atoms with Gasteiger partial charge in [0.25, 0.3) is 10.0 Å². The van der Waals surface area contributed by atoms with Crippen LogP contribution in [0, 0.1) is 11.2 Å². The molecule has 0 aromatic heterocycles. The zero-order chi connectivity index (χ0) is 31.9. The second-order valence-electron chi connectivity index (χ2n) is 10.4. The molecule has 1 heterocycles. The number of alkyl halides is 3. The van der Waals surface area contributed by atoms with Gasteiger partial charge in [0.1, 0.15) is 29.0 Å². The first-order chi connectivity index (χ1) is 20.0. The van der Waals surface area contributed by atoms with Crippen molar-refractivity contribution in [1.29, 1.82) is 0 Å². The number of hydrogen-bond donors (Lipinski definition) is 1. The molecule has 1 aliphatic heterocycles. The quantitative estimate of drug-likeness (QED) is 0.268. The Balaban J connectivity index is 1.90. The molecule has 1 atom stereocenters. The summed E-state index contributed by atoms with van der Waals surface area (Å²) in [5, 5.41) is 10.3. The molecular formula is C29H27F4NO8S. The lowest BCUT2D eigenvalue weighted by molar-refractivity contribution is -0.152. The maximum absolute atomic E-state index is 14.4. The van der Waals surface area contributed by atoms with E-state index in [4.69, 9.17) is 14.2 Å². The zero-order valence-corrected chi connectivity index (χ0v) is 24.2. The number of nitrogens with zero attached hydrogens (tertiary/aromatic N) is 1. The molecule has 43 heavy (non-hydrogen) atoms. The number of methoxy groups -OCH3 is 2. The van der Waals surface area contributed by atoms with Crippen molar-refractivity contribution in [3.63, 3.8) is 0 Å². The third kappa shape index (κ3) is 6.24. The zero-order valence-electron chi connectivity index (χ0n) is 23.4. The number of aromatic hydroxyl groups is 1. The normalized spacial score (nSPS) is 15.3. The largest absolute Gasteiger partial charge is 0.507 e. The Morgan fingerprint density at radius 1 is 1.05 bits per heavy atom. The topological polar surface area (TPSA) is 119 Å². The average molecular weight is 626 g/mol. The molecule has 3 aromatic rings. The number of ether oxygens (including phenoxy) is 3. The number of esters is 2. The van der Waals surface area contributed by atoms with Gasteiger partial charge in [0.15, 0.2) is 0 Å². The fourth-order valence-electron chi connectivity index (χ4n) is 4.84. The van der Waals surface area contributed by atoms with E-state index in [2.05, 4.69) is 0 Å². The van der Waals surface area contributed by atoms with Gasteiger partial charge >= 0.3 is 18.1 Å². The number of fused-ring (bicyclic) bond motifs is 1. The van der Waals surface area contributed by atoms with E-state index < -0.39 is 73.8 Å². The van der Waals surface area contributed by atoms with Crippen LogP contribution in [0.3, 0.4) is 0 Å². The Kier molecular flexibility index (Phi) is 8.38. The van der Waals surface area contributed by atoms with Gasteiger partial charge in [0.05, 0.1) is 42.3 Å². The van der Waals surface area contributed by atoms with Gasteiger partial charge < -0.3 is 19.3 Å². The standard InChI is InChI=1S/C29H27F4NO8S/c1-28(2,27(37)41-4)14-19-15-34(43(38,39)20-7-5-6-17(11-20)29(31,32)33)22-10-16(8-9-24(22)42-19)21-12-18(30)13-23(35)25(21)26(36)40-3/h5-13,19,35H,14-15H2,1-4H3/t19-/m0/s1. The van der Waals surface area contributed by atoms with Gasteiger partial charge in [-0.25, -0.2) is 17.6 Å². The molecule has 1 aliphatic rings. The molecule has 0 bridgehead atoms. The first kappa shape index (κ1) is 31.6. The lowest BCUT2D eigenvalue weighted by atomic mass is 9.86. The van der Waals surface area contributed by atoms with Gasteiger partial charge in [-0.1, -0.05) is 12.1 Å². The first-order valence-corrected chi connectivity index (χ1v) is 14.1. The number of carbonyl (C=O) groups excluding carboxylic acids is 2. The number of anilines is 1. The Labute approximate surface area is 244 Å². The summed E-state index contributed by atoms with van der Waals surface area (Å²) < 4.78 is 99.1. The monoisotopic (exact) mass is 625 g/mol. The number of hydrogen-bond acceptors (Lipinski definition) is 8. The van der Waals surface area contributed by atoms with E-state index in [9.17, 15) is 40.7 Å². The molecule has 0 spiro atoms. The average Bonchev–Trinajstić information content (AvgIpc) is 2.94. The van der Waals surface area contributed by atoms with Crippen molar-refractivity contribution in [2.24, 2.45) is 5.41 Å². The Morgan fingerprint density at radius 3 is 2.37 bits per heavy atom. The first-order valence-electron chi connectivity index (χ1n) is 12.7. The van der Waals surface area contributed by atoms with Gasteiger partial charge in [0.2, 0.25) is 0 Å². The number of sulfonamides is 1. The molecule has 0 fully saturated rings. The van der Waals surface area contributed by atoms with Crippen LogP contribution in [-0.2, 0) is 30.5 Å². The maximum atomic E-state index is 14.4. The van der Waals surface area contributed by atoms with E-state index in [0.29, 0.717) is 12.1 Å². The summed E-state index contributed by atoms with van der Waals surface area (Å²) in [7, 11) is -2.45. The summed E-state index contributed by atoms with van der Waals surface area (Å²) in [5.74, 6) is -3.25. The minimum Gasteiger partial charge on any atom is -0.507 e. The van der Waals surface area contributed by atoms with Crippen molar-refractivity contribution in [2.45, 2.75) is 37.4 Å². The second-order valence-corrected chi connectivity index (χ2v) is 12.3. The van der Waals surface area contributed by atoms with Crippen LogP contribution in [0.2, 0.25) is 0 Å². The summed E-state index contributed by atoms with van der Waals surface area (Å²) in [6, 6.07) is 8.80. The third-order valence-corrected chi connectivity index (χ3v) is 8.67. The highest BCUT2D eigenvalue weighted by atomic mass is 32.2. The predicted molar refractivity (Wildman–Crippen MR) is 146 cm³/mol. The van der Waals surface area contributed by atoms with Crippen molar-refractivity contribution >= 4 is 27.6 Å². The summed E-state index contributed by atoms with van der Waals surface area (Å²) in [5.41, 5.74) is -2.92. The van der Waals surface area contributed by atoms with Crippen LogP contribution in [0.25, 0.3) is 11.1 Å². The molecule has 9 nitrogen and oxygen atoms in total. The van der Waals surface area contributed by atoms with Crippen LogP contribution in [0.4, 0.5) is 23.2 Å². The van der Waals surface area contributed by atoms with E-state index in [1.54, 1.807) is 13.8 Å². The minimum absolute atomic E-state index is 0.0172. The molecule has 0 saturated carbocycles. The summed E-state index contributed by atoms with van der Waals surface area (Å²) >= 11 is 0. The van der Waals surface area contributed by atoms with Gasteiger partial charge in [-0.2, -0.15) is 13.2 Å². The Hall–Kier alpha value is -4.33. The van der Waals surface area contributed by atoms with Crippen molar-refractivity contribution in [2.75, 3.05) is 25.1 Å². The van der Waals surface area contributed by atoms with Crippen LogP contribution in [0.15, 0.2) is 59.5 Å². The molecule has 14 heteroatoms. The van der Waals surface area contributed by atoms with Gasteiger partial charge in [-0.05, 0) is 55.8 Å². The Morgan fingerprint density at radius 2 is 1.74 bits per heavy atom. The van der Waals surface area contributed by atoms with Crippen LogP contribution in [0.1, 0.15) is 36.2 Å². The lowest BCUT2D eigenvalue weighted by Gasteiger charge is -2.38. The molecule has 0 unspecified atom stereocenters. The van der Waals surface area contributed by atoms with Crippen LogP contribution >= 0.6 is 0 Å². The van der Waals surface area contributed by atoms with Gasteiger partial charge in [-0.15, -0.1) is 0 Å². The van der Waals surface area contributed by atoms with E-state index in [1.807, 2.05) is 0 Å². The van der Waals surface area contributed by atoms with E-state index >= 15 is 0 Å². The van der Waals surface area contributed by atoms with Crippen molar-refractivity contribution < 1.29 is 54.9 Å². The third-order valence-electron chi connectivity index (χ3n) is 6.90. The SMILES string of the molecule is COC(=O)c1c(O)cc(F)cc1-c1ccc2c(c1)N(S(=O)(=O)c1cccc(C(F)(F)F)c1)C[C@H](CC(C)(C)C(=O)OC)O2. The number of halogens is 4. The fourth-order valence-corrected chi connectivity index (χ4v) is 6.38. The van der Waals surface area contributed by atoms with E-state index in [0.717, 1.165) is 35.7 Å². The van der Waals surface area contributed by atoms with Gasteiger partial charge in [-0.3, -0.25) is 9.10 Å². The molecule has 0 radical (unpaired) electrons. The van der Waals surface area contributed by atoms with E-state index in [-0.39, 0.29) is 29.0 Å².